The Labute approximate surface area is 136 Å². The summed E-state index contributed by atoms with van der Waals surface area (Å²) in [6.45, 7) is 1.55. The van der Waals surface area contributed by atoms with Crippen LogP contribution < -0.4 is 10.6 Å². The minimum Gasteiger partial charge on any atom is -0.448 e. The number of hydrogen-bond acceptors (Lipinski definition) is 3. The monoisotopic (exact) mass is 317 g/mol. The minimum atomic E-state index is -0.279. The van der Waals surface area contributed by atoms with Crippen LogP contribution in [-0.2, 0) is 11.3 Å². The van der Waals surface area contributed by atoms with Gasteiger partial charge in [-0.05, 0) is 30.5 Å². The summed E-state index contributed by atoms with van der Waals surface area (Å²) in [5.41, 5.74) is 1.71. The Morgan fingerprint density at radius 2 is 2.09 bits per heavy atom. The van der Waals surface area contributed by atoms with E-state index in [9.17, 15) is 9.59 Å². The molecule has 1 aromatic rings. The van der Waals surface area contributed by atoms with Crippen molar-refractivity contribution in [3.63, 3.8) is 0 Å². The van der Waals surface area contributed by atoms with Crippen molar-refractivity contribution in [3.05, 3.63) is 29.8 Å². The molecule has 1 aromatic carbocycles. The van der Waals surface area contributed by atoms with E-state index < -0.39 is 0 Å². The molecule has 1 saturated carbocycles. The zero-order valence-electron chi connectivity index (χ0n) is 13.2. The molecule has 23 heavy (non-hydrogen) atoms. The van der Waals surface area contributed by atoms with Gasteiger partial charge in [0.05, 0.1) is 6.54 Å². The molecule has 124 valence electrons. The van der Waals surface area contributed by atoms with Crippen LogP contribution in [-0.4, -0.2) is 36.2 Å². The number of ether oxygens (including phenoxy) is 1. The molecule has 3 amide bonds. The van der Waals surface area contributed by atoms with Crippen molar-refractivity contribution in [1.29, 1.82) is 0 Å². The first kappa shape index (κ1) is 15.6. The number of urea groups is 1. The van der Waals surface area contributed by atoms with E-state index in [1.165, 1.54) is 19.3 Å². The number of nitrogens with one attached hydrogen (secondary N) is 2. The quantitative estimate of drug-likeness (QED) is 0.896. The lowest BCUT2D eigenvalue weighted by Crippen LogP contribution is -2.39. The van der Waals surface area contributed by atoms with E-state index in [0.717, 1.165) is 24.1 Å². The molecule has 0 bridgehead atoms. The van der Waals surface area contributed by atoms with Crippen LogP contribution in [0.1, 0.15) is 37.7 Å². The van der Waals surface area contributed by atoms with E-state index in [4.69, 9.17) is 4.74 Å². The van der Waals surface area contributed by atoms with Gasteiger partial charge in [-0.3, -0.25) is 0 Å². The van der Waals surface area contributed by atoms with Gasteiger partial charge in [0.2, 0.25) is 0 Å². The zero-order valence-corrected chi connectivity index (χ0v) is 13.2. The Morgan fingerprint density at radius 3 is 2.83 bits per heavy atom. The highest BCUT2D eigenvalue weighted by Gasteiger charge is 2.22. The number of amides is 3. The predicted octanol–water partition coefficient (Wildman–Crippen LogP) is 3.09. The van der Waals surface area contributed by atoms with Crippen LogP contribution in [0.15, 0.2) is 24.3 Å². The molecule has 0 spiro atoms. The number of benzene rings is 1. The molecule has 1 saturated heterocycles. The van der Waals surface area contributed by atoms with Gasteiger partial charge in [-0.2, -0.15) is 0 Å². The lowest BCUT2D eigenvalue weighted by Gasteiger charge is -2.23. The molecule has 2 N–H and O–H groups in total. The van der Waals surface area contributed by atoms with Gasteiger partial charge in [0.25, 0.3) is 0 Å². The van der Waals surface area contributed by atoms with Gasteiger partial charge < -0.3 is 20.3 Å². The van der Waals surface area contributed by atoms with Crippen LogP contribution in [0.2, 0.25) is 0 Å². The van der Waals surface area contributed by atoms with Crippen LogP contribution in [0.25, 0.3) is 0 Å². The fraction of sp³-hybridized carbons (Fsp3) is 0.529. The molecule has 2 aliphatic rings. The van der Waals surface area contributed by atoms with E-state index >= 15 is 0 Å². The molecule has 2 fully saturated rings. The third kappa shape index (κ3) is 4.37. The van der Waals surface area contributed by atoms with Gasteiger partial charge in [-0.1, -0.05) is 31.4 Å². The maximum absolute atomic E-state index is 12.1. The second-order valence-electron chi connectivity index (χ2n) is 6.17. The number of nitrogens with zero attached hydrogens (tertiary/aromatic N) is 1. The van der Waals surface area contributed by atoms with Crippen molar-refractivity contribution < 1.29 is 14.3 Å². The van der Waals surface area contributed by atoms with Crippen molar-refractivity contribution in [3.8, 4) is 0 Å². The number of hydrogen-bond donors (Lipinski definition) is 2. The number of rotatable bonds is 4. The van der Waals surface area contributed by atoms with Crippen molar-refractivity contribution in [2.45, 2.75) is 44.7 Å². The summed E-state index contributed by atoms with van der Waals surface area (Å²) in [7, 11) is 0. The summed E-state index contributed by atoms with van der Waals surface area (Å²) < 4.78 is 4.92. The molecule has 0 atom stereocenters. The minimum absolute atomic E-state index is 0.158. The van der Waals surface area contributed by atoms with E-state index in [0.29, 0.717) is 19.7 Å². The average molecular weight is 317 g/mol. The van der Waals surface area contributed by atoms with Gasteiger partial charge in [0, 0.05) is 18.3 Å². The Kier molecular flexibility index (Phi) is 5.00. The van der Waals surface area contributed by atoms with Gasteiger partial charge in [0.15, 0.2) is 0 Å². The molecular formula is C17H23N3O3. The molecular weight excluding hydrogens is 294 g/mol. The van der Waals surface area contributed by atoms with Gasteiger partial charge in [0.1, 0.15) is 6.61 Å². The highest BCUT2D eigenvalue weighted by Crippen LogP contribution is 2.18. The van der Waals surface area contributed by atoms with E-state index in [1.54, 1.807) is 4.90 Å². The highest BCUT2D eigenvalue weighted by molar-refractivity contribution is 5.89. The zero-order chi connectivity index (χ0) is 16.1. The molecule has 1 aliphatic carbocycles. The summed E-state index contributed by atoms with van der Waals surface area (Å²) in [5, 5.41) is 5.91. The van der Waals surface area contributed by atoms with Crippen LogP contribution >= 0.6 is 0 Å². The largest absolute Gasteiger partial charge is 0.448 e. The molecule has 0 aromatic heterocycles. The maximum Gasteiger partial charge on any atom is 0.410 e. The molecule has 0 unspecified atom stereocenters. The predicted molar refractivity (Wildman–Crippen MR) is 87.2 cm³/mol. The Morgan fingerprint density at radius 1 is 1.26 bits per heavy atom. The van der Waals surface area contributed by atoms with Gasteiger partial charge in [-0.25, -0.2) is 9.59 Å². The first-order chi connectivity index (χ1) is 11.2. The SMILES string of the molecule is O=C(Nc1cccc(CN2CCOC2=O)c1)NC1CCCCC1. The van der Waals surface area contributed by atoms with Crippen LogP contribution in [0.4, 0.5) is 15.3 Å². The number of carbonyl (C=O) groups excluding carboxylic acids is 2. The Hall–Kier alpha value is -2.24. The summed E-state index contributed by atoms with van der Waals surface area (Å²) in [5.74, 6) is 0. The fourth-order valence-corrected chi connectivity index (χ4v) is 3.14. The van der Waals surface area contributed by atoms with E-state index in [-0.39, 0.29) is 18.2 Å². The molecule has 6 nitrogen and oxygen atoms in total. The molecule has 3 rings (SSSR count). The highest BCUT2D eigenvalue weighted by atomic mass is 16.6. The summed E-state index contributed by atoms with van der Waals surface area (Å²) in [6, 6.07) is 7.70. The maximum atomic E-state index is 12.1. The fourth-order valence-electron chi connectivity index (χ4n) is 3.14. The second-order valence-corrected chi connectivity index (χ2v) is 6.17. The standard InChI is InChI=1S/C17H23N3O3/c21-16(18-14-6-2-1-3-7-14)19-15-8-4-5-13(11-15)12-20-9-10-23-17(20)22/h4-5,8,11,14H,1-3,6-7,9-10,12H2,(H2,18,19,21). The lowest BCUT2D eigenvalue weighted by atomic mass is 9.96. The third-order valence-corrected chi connectivity index (χ3v) is 4.34. The number of cyclic esters (lactones) is 1. The normalized spacial score (nSPS) is 18.6. The second kappa shape index (κ2) is 7.35. The first-order valence-corrected chi connectivity index (χ1v) is 8.29. The summed E-state index contributed by atoms with van der Waals surface area (Å²) in [6.07, 6.45) is 5.48. The van der Waals surface area contributed by atoms with E-state index in [1.807, 2.05) is 24.3 Å². The van der Waals surface area contributed by atoms with E-state index in [2.05, 4.69) is 10.6 Å². The lowest BCUT2D eigenvalue weighted by molar-refractivity contribution is 0.157. The Balaban J connectivity index is 1.54. The van der Waals surface area contributed by atoms with Crippen LogP contribution in [0, 0.1) is 0 Å². The topological polar surface area (TPSA) is 70.7 Å². The smallest absolute Gasteiger partial charge is 0.410 e. The Bertz CT molecular complexity index is 570. The first-order valence-electron chi connectivity index (χ1n) is 8.29. The number of carbonyl (C=O) groups is 2. The molecule has 1 heterocycles. The summed E-state index contributed by atoms with van der Waals surface area (Å²) >= 11 is 0. The molecule has 1 aliphatic heterocycles. The van der Waals surface area contributed by atoms with Crippen LogP contribution in [0.3, 0.4) is 0 Å². The third-order valence-electron chi connectivity index (χ3n) is 4.34. The van der Waals surface area contributed by atoms with Crippen molar-refractivity contribution in [2.75, 3.05) is 18.5 Å². The van der Waals surface area contributed by atoms with Crippen molar-refractivity contribution in [2.24, 2.45) is 0 Å². The van der Waals surface area contributed by atoms with Gasteiger partial charge >= 0.3 is 12.1 Å². The van der Waals surface area contributed by atoms with Gasteiger partial charge in [-0.15, -0.1) is 0 Å². The van der Waals surface area contributed by atoms with Crippen molar-refractivity contribution >= 4 is 17.8 Å². The number of anilines is 1. The summed E-state index contributed by atoms with van der Waals surface area (Å²) in [4.78, 5) is 25.2. The van der Waals surface area contributed by atoms with Crippen LogP contribution in [0.5, 0.6) is 0 Å². The molecule has 6 heteroatoms. The average Bonchev–Trinajstić information content (AvgIpc) is 2.93. The van der Waals surface area contributed by atoms with Crippen molar-refractivity contribution in [1.82, 2.24) is 10.2 Å². The molecule has 0 radical (unpaired) electrons.